The molecule has 0 saturated carbocycles. The molecule has 0 aromatic heterocycles. The molecule has 1 aliphatic heterocycles. The van der Waals surface area contributed by atoms with Crippen molar-refractivity contribution in [3.63, 3.8) is 0 Å². The normalized spacial score (nSPS) is 15.4. The molecule has 4 heteroatoms. The Morgan fingerprint density at radius 1 is 1.25 bits per heavy atom. The quantitative estimate of drug-likeness (QED) is 0.777. The Bertz CT molecular complexity index is 403. The van der Waals surface area contributed by atoms with E-state index in [1.54, 1.807) is 0 Å². The van der Waals surface area contributed by atoms with Gasteiger partial charge < -0.3 is 19.7 Å². The van der Waals surface area contributed by atoms with Gasteiger partial charge in [-0.3, -0.25) is 0 Å². The average molecular weight is 278 g/mol. The average Bonchev–Trinajstić information content (AvgIpc) is 2.49. The maximum atomic E-state index is 5.83. The zero-order chi connectivity index (χ0) is 14.2. The van der Waals surface area contributed by atoms with E-state index in [4.69, 9.17) is 9.47 Å². The fourth-order valence-corrected chi connectivity index (χ4v) is 2.41. The highest BCUT2D eigenvalue weighted by Crippen LogP contribution is 2.30. The maximum Gasteiger partial charge on any atom is 0.142 e. The van der Waals surface area contributed by atoms with Gasteiger partial charge in [0.2, 0.25) is 0 Å². The predicted molar refractivity (Wildman–Crippen MR) is 82.6 cm³/mol. The first kappa shape index (κ1) is 15.1. The van der Waals surface area contributed by atoms with Crippen molar-refractivity contribution >= 4 is 5.69 Å². The molecular weight excluding hydrogens is 252 g/mol. The van der Waals surface area contributed by atoms with Crippen LogP contribution in [-0.4, -0.2) is 39.5 Å². The third kappa shape index (κ3) is 4.12. The van der Waals surface area contributed by atoms with Crippen LogP contribution in [0.15, 0.2) is 18.2 Å². The number of nitrogens with one attached hydrogen (secondary N) is 1. The standard InChI is InChI=1S/C16H26N2O2/c1-3-7-17-13-14-5-6-15(16(12-14)20-4-2)18-8-10-19-11-9-18/h5-6,12,17H,3-4,7-11,13H2,1-2H3. The van der Waals surface area contributed by atoms with Crippen molar-refractivity contribution in [2.24, 2.45) is 0 Å². The molecule has 4 nitrogen and oxygen atoms in total. The van der Waals surface area contributed by atoms with Crippen LogP contribution in [0.25, 0.3) is 0 Å². The molecule has 0 atom stereocenters. The molecule has 0 bridgehead atoms. The Morgan fingerprint density at radius 3 is 2.75 bits per heavy atom. The van der Waals surface area contributed by atoms with Crippen LogP contribution in [0.3, 0.4) is 0 Å². The maximum absolute atomic E-state index is 5.83. The van der Waals surface area contributed by atoms with Crippen molar-refractivity contribution in [1.82, 2.24) is 5.32 Å². The van der Waals surface area contributed by atoms with E-state index in [2.05, 4.69) is 35.3 Å². The van der Waals surface area contributed by atoms with E-state index in [1.165, 1.54) is 11.3 Å². The smallest absolute Gasteiger partial charge is 0.142 e. The molecule has 1 fully saturated rings. The lowest BCUT2D eigenvalue weighted by molar-refractivity contribution is 0.122. The van der Waals surface area contributed by atoms with Crippen molar-refractivity contribution < 1.29 is 9.47 Å². The van der Waals surface area contributed by atoms with Crippen LogP contribution in [0.2, 0.25) is 0 Å². The van der Waals surface area contributed by atoms with E-state index in [-0.39, 0.29) is 0 Å². The topological polar surface area (TPSA) is 33.7 Å². The number of hydrogen-bond acceptors (Lipinski definition) is 4. The lowest BCUT2D eigenvalue weighted by Gasteiger charge is -2.30. The molecule has 1 aliphatic rings. The zero-order valence-electron chi connectivity index (χ0n) is 12.7. The van der Waals surface area contributed by atoms with Crippen LogP contribution < -0.4 is 15.0 Å². The highest BCUT2D eigenvalue weighted by atomic mass is 16.5. The monoisotopic (exact) mass is 278 g/mol. The molecule has 0 spiro atoms. The Kier molecular flexibility index (Phi) is 6.15. The highest BCUT2D eigenvalue weighted by molar-refractivity contribution is 5.60. The first-order chi connectivity index (χ1) is 9.85. The fourth-order valence-electron chi connectivity index (χ4n) is 2.41. The van der Waals surface area contributed by atoms with Gasteiger partial charge in [0.25, 0.3) is 0 Å². The van der Waals surface area contributed by atoms with Crippen molar-refractivity contribution in [2.45, 2.75) is 26.8 Å². The minimum atomic E-state index is 0.698. The highest BCUT2D eigenvalue weighted by Gasteiger charge is 2.15. The van der Waals surface area contributed by atoms with Crippen molar-refractivity contribution in [1.29, 1.82) is 0 Å². The fraction of sp³-hybridized carbons (Fsp3) is 0.625. The molecule has 0 radical (unpaired) electrons. The van der Waals surface area contributed by atoms with Gasteiger partial charge in [-0.1, -0.05) is 13.0 Å². The van der Waals surface area contributed by atoms with Crippen molar-refractivity contribution in [3.05, 3.63) is 23.8 Å². The Labute approximate surface area is 122 Å². The van der Waals surface area contributed by atoms with E-state index in [0.29, 0.717) is 6.61 Å². The summed E-state index contributed by atoms with van der Waals surface area (Å²) in [6.07, 6.45) is 1.16. The summed E-state index contributed by atoms with van der Waals surface area (Å²) in [6.45, 7) is 10.3. The summed E-state index contributed by atoms with van der Waals surface area (Å²) >= 11 is 0. The van der Waals surface area contributed by atoms with Gasteiger partial charge in [-0.25, -0.2) is 0 Å². The molecule has 20 heavy (non-hydrogen) atoms. The number of benzene rings is 1. The van der Waals surface area contributed by atoms with Gasteiger partial charge in [0.15, 0.2) is 0 Å². The summed E-state index contributed by atoms with van der Waals surface area (Å²) in [6, 6.07) is 6.53. The van der Waals surface area contributed by atoms with Crippen molar-refractivity contribution in [2.75, 3.05) is 44.4 Å². The molecule has 1 aromatic rings. The lowest BCUT2D eigenvalue weighted by Crippen LogP contribution is -2.36. The van der Waals surface area contributed by atoms with Crippen molar-refractivity contribution in [3.8, 4) is 5.75 Å². The molecule has 0 aliphatic carbocycles. The number of rotatable bonds is 7. The van der Waals surface area contributed by atoms with E-state index < -0.39 is 0 Å². The SMILES string of the molecule is CCCNCc1ccc(N2CCOCC2)c(OCC)c1. The second-order valence-electron chi connectivity index (χ2n) is 5.01. The molecule has 0 amide bonds. The van der Waals surface area contributed by atoms with Gasteiger partial charge in [-0.05, 0) is 37.6 Å². The Morgan fingerprint density at radius 2 is 2.05 bits per heavy atom. The van der Waals surface area contributed by atoms with Crippen LogP contribution >= 0.6 is 0 Å². The van der Waals surface area contributed by atoms with Gasteiger partial charge in [0, 0.05) is 19.6 Å². The number of morpholine rings is 1. The molecular formula is C16H26N2O2. The Hall–Kier alpha value is -1.26. The molecule has 1 N–H and O–H groups in total. The van der Waals surface area contributed by atoms with Gasteiger partial charge >= 0.3 is 0 Å². The first-order valence-corrected chi connectivity index (χ1v) is 7.64. The van der Waals surface area contributed by atoms with Gasteiger partial charge in [0.1, 0.15) is 5.75 Å². The lowest BCUT2D eigenvalue weighted by atomic mass is 10.1. The summed E-state index contributed by atoms with van der Waals surface area (Å²) in [5.41, 5.74) is 2.47. The second-order valence-corrected chi connectivity index (χ2v) is 5.01. The number of ether oxygens (including phenoxy) is 2. The molecule has 1 saturated heterocycles. The first-order valence-electron chi connectivity index (χ1n) is 7.64. The van der Waals surface area contributed by atoms with Gasteiger partial charge in [0.05, 0.1) is 25.5 Å². The van der Waals surface area contributed by atoms with Crippen LogP contribution in [0, 0.1) is 0 Å². The van der Waals surface area contributed by atoms with E-state index >= 15 is 0 Å². The third-order valence-electron chi connectivity index (χ3n) is 3.43. The summed E-state index contributed by atoms with van der Waals surface area (Å²) in [5.74, 6) is 0.991. The van der Waals surface area contributed by atoms with Gasteiger partial charge in [-0.2, -0.15) is 0 Å². The molecule has 2 rings (SSSR count). The zero-order valence-corrected chi connectivity index (χ0v) is 12.7. The van der Waals surface area contributed by atoms with E-state index in [1.807, 2.05) is 6.92 Å². The summed E-state index contributed by atoms with van der Waals surface area (Å²) in [7, 11) is 0. The predicted octanol–water partition coefficient (Wildman–Crippen LogP) is 2.42. The van der Waals surface area contributed by atoms with E-state index in [9.17, 15) is 0 Å². The largest absolute Gasteiger partial charge is 0.492 e. The second kappa shape index (κ2) is 8.12. The number of nitrogens with zero attached hydrogens (tertiary/aromatic N) is 1. The number of hydrogen-bond donors (Lipinski definition) is 1. The molecule has 1 aromatic carbocycles. The molecule has 112 valence electrons. The minimum absolute atomic E-state index is 0.698. The number of anilines is 1. The summed E-state index contributed by atoms with van der Waals surface area (Å²) < 4.78 is 11.2. The minimum Gasteiger partial charge on any atom is -0.492 e. The van der Waals surface area contributed by atoms with Crippen LogP contribution in [-0.2, 0) is 11.3 Å². The van der Waals surface area contributed by atoms with Crippen LogP contribution in [0.5, 0.6) is 5.75 Å². The Balaban J connectivity index is 2.09. The van der Waals surface area contributed by atoms with Crippen LogP contribution in [0.1, 0.15) is 25.8 Å². The van der Waals surface area contributed by atoms with E-state index in [0.717, 1.165) is 51.6 Å². The molecule has 0 unspecified atom stereocenters. The molecule has 1 heterocycles. The van der Waals surface area contributed by atoms with Gasteiger partial charge in [-0.15, -0.1) is 0 Å². The summed E-state index contributed by atoms with van der Waals surface area (Å²) in [5, 5.41) is 3.43. The van der Waals surface area contributed by atoms with Crippen LogP contribution in [0.4, 0.5) is 5.69 Å². The summed E-state index contributed by atoms with van der Waals surface area (Å²) in [4.78, 5) is 2.34. The third-order valence-corrected chi connectivity index (χ3v) is 3.43.